The normalized spacial score (nSPS) is 15.1. The van der Waals surface area contributed by atoms with Crippen LogP contribution < -0.4 is 16.1 Å². The van der Waals surface area contributed by atoms with Gasteiger partial charge in [-0.3, -0.25) is 19.6 Å². The minimum Gasteiger partial charge on any atom is -0.382 e. The second-order valence-corrected chi connectivity index (χ2v) is 7.14. The largest absolute Gasteiger partial charge is 0.382 e. The molecule has 152 valence electrons. The van der Waals surface area contributed by atoms with E-state index in [1.54, 1.807) is 0 Å². The van der Waals surface area contributed by atoms with E-state index in [-0.39, 0.29) is 18.2 Å². The lowest BCUT2D eigenvalue weighted by molar-refractivity contribution is -0.148. The van der Waals surface area contributed by atoms with Crippen molar-refractivity contribution in [3.05, 3.63) is 0 Å². The second kappa shape index (κ2) is 11.1. The van der Waals surface area contributed by atoms with Crippen LogP contribution in [0, 0.1) is 17.3 Å². The molecule has 3 unspecified atom stereocenters. The summed E-state index contributed by atoms with van der Waals surface area (Å²) in [6.45, 7) is 9.61. The van der Waals surface area contributed by atoms with Crippen LogP contribution in [-0.4, -0.2) is 47.2 Å². The molecule has 0 heterocycles. The Labute approximate surface area is 156 Å². The fourth-order valence-electron chi connectivity index (χ4n) is 3.39. The molecule has 0 aromatic heterocycles. The Bertz CT molecular complexity index is 469. The van der Waals surface area contributed by atoms with Crippen LogP contribution >= 0.6 is 0 Å². The molecule has 3 atom stereocenters. The van der Waals surface area contributed by atoms with Crippen molar-refractivity contribution < 1.29 is 24.7 Å². The Morgan fingerprint density at radius 3 is 1.81 bits per heavy atom. The lowest BCUT2D eigenvalue weighted by Crippen LogP contribution is -2.58. The van der Waals surface area contributed by atoms with Crippen molar-refractivity contribution in [1.29, 1.82) is 0 Å². The summed E-state index contributed by atoms with van der Waals surface area (Å²) < 4.78 is 0. The highest BCUT2D eigenvalue weighted by Gasteiger charge is 2.42. The summed E-state index contributed by atoms with van der Waals surface area (Å²) >= 11 is 0. The molecule has 0 aliphatic carbocycles. The third kappa shape index (κ3) is 5.95. The van der Waals surface area contributed by atoms with Crippen molar-refractivity contribution in [2.45, 2.75) is 72.4 Å². The van der Waals surface area contributed by atoms with E-state index in [4.69, 9.17) is 5.21 Å². The Morgan fingerprint density at radius 2 is 1.46 bits per heavy atom. The zero-order chi connectivity index (χ0) is 20.5. The molecule has 0 spiro atoms. The van der Waals surface area contributed by atoms with Gasteiger partial charge in [-0.25, -0.2) is 5.48 Å². The molecule has 5 N–H and O–H groups in total. The van der Waals surface area contributed by atoms with E-state index in [0.29, 0.717) is 19.3 Å². The quantitative estimate of drug-likeness (QED) is 0.272. The molecule has 0 fully saturated rings. The molecule has 8 nitrogen and oxygen atoms in total. The summed E-state index contributed by atoms with van der Waals surface area (Å²) in [5.74, 6) is -2.98. The van der Waals surface area contributed by atoms with Gasteiger partial charge in [-0.15, -0.1) is 0 Å². The minimum absolute atomic E-state index is 0.0265. The molecule has 0 saturated heterocycles. The molecule has 0 aliphatic rings. The molecule has 8 heteroatoms. The zero-order valence-electron chi connectivity index (χ0n) is 16.8. The smallest absolute Gasteiger partial charge is 0.272 e. The van der Waals surface area contributed by atoms with E-state index >= 15 is 0 Å². The highest BCUT2D eigenvalue weighted by atomic mass is 16.5. The Balaban J connectivity index is 5.72. The number of aliphatic hydroxyl groups excluding tert-OH is 1. The highest BCUT2D eigenvalue weighted by molar-refractivity contribution is 5.92. The second-order valence-electron chi connectivity index (χ2n) is 7.14. The van der Waals surface area contributed by atoms with Gasteiger partial charge in [0.1, 0.15) is 12.1 Å². The number of carbonyl (C=O) groups excluding carboxylic acids is 3. The van der Waals surface area contributed by atoms with Gasteiger partial charge in [0.2, 0.25) is 11.8 Å². The maximum absolute atomic E-state index is 12.9. The fourth-order valence-corrected chi connectivity index (χ4v) is 3.39. The summed E-state index contributed by atoms with van der Waals surface area (Å²) in [5, 5.41) is 24.3. The van der Waals surface area contributed by atoms with Crippen LogP contribution in [0.3, 0.4) is 0 Å². The molecule has 0 aromatic carbocycles. The van der Waals surface area contributed by atoms with E-state index < -0.39 is 35.3 Å². The zero-order valence-corrected chi connectivity index (χ0v) is 16.8. The molecular weight excluding hydrogens is 338 g/mol. The van der Waals surface area contributed by atoms with Crippen LogP contribution in [0.5, 0.6) is 0 Å². The number of hydrogen-bond donors (Lipinski definition) is 5. The van der Waals surface area contributed by atoms with E-state index in [1.807, 2.05) is 34.6 Å². The van der Waals surface area contributed by atoms with Crippen LogP contribution in [0.15, 0.2) is 0 Å². The van der Waals surface area contributed by atoms with E-state index in [2.05, 4.69) is 10.6 Å². The Morgan fingerprint density at radius 1 is 0.962 bits per heavy atom. The first-order valence-electron chi connectivity index (χ1n) is 9.27. The third-order valence-electron chi connectivity index (χ3n) is 5.34. The van der Waals surface area contributed by atoms with Crippen molar-refractivity contribution in [1.82, 2.24) is 16.1 Å². The van der Waals surface area contributed by atoms with Crippen LogP contribution in [0.1, 0.15) is 60.3 Å². The first-order chi connectivity index (χ1) is 12.1. The van der Waals surface area contributed by atoms with Crippen molar-refractivity contribution in [2.75, 3.05) is 7.05 Å². The van der Waals surface area contributed by atoms with Gasteiger partial charge in [0.15, 0.2) is 0 Å². The molecule has 0 radical (unpaired) electrons. The van der Waals surface area contributed by atoms with Crippen molar-refractivity contribution in [2.24, 2.45) is 17.3 Å². The number of rotatable bonds is 11. The number of hydroxylamine groups is 1. The van der Waals surface area contributed by atoms with Crippen LogP contribution in [0.25, 0.3) is 0 Å². The van der Waals surface area contributed by atoms with Gasteiger partial charge in [0, 0.05) is 7.05 Å². The molecule has 0 saturated carbocycles. The van der Waals surface area contributed by atoms with Crippen LogP contribution in [-0.2, 0) is 14.4 Å². The predicted molar refractivity (Wildman–Crippen MR) is 98.2 cm³/mol. The molecule has 0 rings (SSSR count). The monoisotopic (exact) mass is 373 g/mol. The number of nitrogens with one attached hydrogen (secondary N) is 3. The molecule has 3 amide bonds. The lowest BCUT2D eigenvalue weighted by atomic mass is 9.72. The van der Waals surface area contributed by atoms with Gasteiger partial charge in [-0.2, -0.15) is 0 Å². The predicted octanol–water partition coefficient (Wildman–Crippen LogP) is 0.962. The van der Waals surface area contributed by atoms with Gasteiger partial charge in [0.25, 0.3) is 5.91 Å². The van der Waals surface area contributed by atoms with Gasteiger partial charge in [0.05, 0.1) is 5.92 Å². The lowest BCUT2D eigenvalue weighted by Gasteiger charge is -2.39. The maximum atomic E-state index is 12.9. The van der Waals surface area contributed by atoms with Gasteiger partial charge in [-0.1, -0.05) is 34.6 Å². The molecule has 0 bridgehead atoms. The highest BCUT2D eigenvalue weighted by Crippen LogP contribution is 2.35. The van der Waals surface area contributed by atoms with Crippen molar-refractivity contribution in [3.8, 4) is 0 Å². The molecular formula is C18H35N3O5. The van der Waals surface area contributed by atoms with Gasteiger partial charge in [-0.05, 0) is 37.0 Å². The van der Waals surface area contributed by atoms with Crippen LogP contribution in [0.2, 0.25) is 0 Å². The standard InChI is InChI=1S/C18H35N3O5/c1-7-18(8-2,9-3)14(17(25)19-6)20-15(23)12(10-11(4)5)13(22)16(24)21-26/h11-14,22,26H,7-10H2,1-6H3,(H,19,25)(H,20,23)(H,21,24). The van der Waals surface area contributed by atoms with E-state index in [9.17, 15) is 19.5 Å². The topological polar surface area (TPSA) is 128 Å². The SMILES string of the molecule is CCC(CC)(CC)C(NC(=O)C(CC(C)C)C(O)C(=O)NO)C(=O)NC. The molecule has 26 heavy (non-hydrogen) atoms. The van der Waals surface area contributed by atoms with Gasteiger partial charge >= 0.3 is 0 Å². The summed E-state index contributed by atoms with van der Waals surface area (Å²) in [6, 6.07) is -0.779. The number of carbonyl (C=O) groups is 3. The fraction of sp³-hybridized carbons (Fsp3) is 0.833. The average Bonchev–Trinajstić information content (AvgIpc) is 2.64. The van der Waals surface area contributed by atoms with Gasteiger partial charge < -0.3 is 15.7 Å². The Kier molecular flexibility index (Phi) is 10.4. The number of likely N-dealkylation sites (N-methyl/N-ethyl adjacent to an activating group) is 1. The maximum Gasteiger partial charge on any atom is 0.272 e. The third-order valence-corrected chi connectivity index (χ3v) is 5.34. The summed E-state index contributed by atoms with van der Waals surface area (Å²) in [6.07, 6.45) is 0.595. The van der Waals surface area contributed by atoms with E-state index in [0.717, 1.165) is 0 Å². The van der Waals surface area contributed by atoms with E-state index in [1.165, 1.54) is 12.5 Å². The summed E-state index contributed by atoms with van der Waals surface area (Å²) in [5.41, 5.74) is 0.948. The first-order valence-corrected chi connectivity index (χ1v) is 9.27. The molecule has 0 aliphatic heterocycles. The first kappa shape index (κ1) is 24.3. The average molecular weight is 373 g/mol. The summed E-state index contributed by atoms with van der Waals surface area (Å²) in [7, 11) is 1.51. The van der Waals surface area contributed by atoms with Crippen molar-refractivity contribution >= 4 is 17.7 Å². The Hall–Kier alpha value is -1.67. The molecule has 0 aromatic rings. The number of hydrogen-bond acceptors (Lipinski definition) is 5. The number of aliphatic hydroxyl groups is 1. The minimum atomic E-state index is -1.70. The van der Waals surface area contributed by atoms with Crippen LogP contribution in [0.4, 0.5) is 0 Å². The summed E-state index contributed by atoms with van der Waals surface area (Å²) in [4.78, 5) is 36.9. The van der Waals surface area contributed by atoms with Crippen molar-refractivity contribution in [3.63, 3.8) is 0 Å². The number of amides is 3.